The molecule has 118 valence electrons. The van der Waals surface area contributed by atoms with Gasteiger partial charge in [-0.1, -0.05) is 47.7 Å². The number of para-hydroxylation sites is 1. The van der Waals surface area contributed by atoms with Crippen molar-refractivity contribution >= 4 is 0 Å². The van der Waals surface area contributed by atoms with Gasteiger partial charge in [-0.3, -0.25) is 0 Å². The van der Waals surface area contributed by atoms with Gasteiger partial charge in [-0.15, -0.1) is 5.10 Å². The van der Waals surface area contributed by atoms with Gasteiger partial charge >= 0.3 is 0 Å². The summed E-state index contributed by atoms with van der Waals surface area (Å²) in [5.74, 6) is 0.728. The Balaban J connectivity index is 2.15. The molecule has 5 nitrogen and oxygen atoms in total. The largest absolute Gasteiger partial charge is 0.496 e. The van der Waals surface area contributed by atoms with Crippen molar-refractivity contribution in [3.05, 3.63) is 65.9 Å². The smallest absolute Gasteiger partial charge is 0.128 e. The van der Waals surface area contributed by atoms with Gasteiger partial charge in [-0.05, 0) is 24.6 Å². The maximum absolute atomic E-state index is 9.65. The zero-order chi connectivity index (χ0) is 16.2. The predicted octanol–water partition coefficient (Wildman–Crippen LogP) is 3.06. The summed E-state index contributed by atoms with van der Waals surface area (Å²) >= 11 is 0. The second-order valence-electron chi connectivity index (χ2n) is 5.27. The third-order valence-corrected chi connectivity index (χ3v) is 3.92. The Morgan fingerprint density at radius 1 is 1.09 bits per heavy atom. The molecular weight excluding hydrogens is 290 g/mol. The molecule has 0 amide bonds. The van der Waals surface area contributed by atoms with Crippen LogP contribution in [-0.2, 0) is 6.61 Å². The number of aromatic nitrogens is 3. The molecule has 3 rings (SSSR count). The number of nitrogens with zero attached hydrogens (tertiary/aromatic N) is 3. The molecule has 0 saturated heterocycles. The topological polar surface area (TPSA) is 60.2 Å². The highest BCUT2D eigenvalue weighted by Gasteiger charge is 2.21. The number of methoxy groups -OCH3 is 1. The van der Waals surface area contributed by atoms with E-state index in [9.17, 15) is 5.11 Å². The Kier molecular flexibility index (Phi) is 4.39. The van der Waals surface area contributed by atoms with E-state index in [0.29, 0.717) is 5.69 Å². The van der Waals surface area contributed by atoms with Crippen LogP contribution in [0.15, 0.2) is 54.6 Å². The molecule has 5 heteroatoms. The van der Waals surface area contributed by atoms with Crippen LogP contribution in [0, 0.1) is 0 Å². The van der Waals surface area contributed by atoms with Crippen LogP contribution in [0.2, 0.25) is 0 Å². The molecule has 0 aliphatic rings. The maximum atomic E-state index is 9.65. The van der Waals surface area contributed by atoms with E-state index in [1.807, 2.05) is 47.1 Å². The molecule has 1 N–H and O–H groups in total. The van der Waals surface area contributed by atoms with Crippen molar-refractivity contribution in [1.82, 2.24) is 15.0 Å². The van der Waals surface area contributed by atoms with Crippen LogP contribution in [0.5, 0.6) is 5.75 Å². The first-order chi connectivity index (χ1) is 11.3. The SMILES string of the molecule is COc1ccccc1-c1c(CO)nnn1C(C)c1ccccc1. The first-order valence-corrected chi connectivity index (χ1v) is 7.49. The van der Waals surface area contributed by atoms with Gasteiger partial charge in [0.05, 0.1) is 25.5 Å². The van der Waals surface area contributed by atoms with E-state index >= 15 is 0 Å². The van der Waals surface area contributed by atoms with E-state index in [1.165, 1.54) is 0 Å². The summed E-state index contributed by atoms with van der Waals surface area (Å²) in [6.07, 6.45) is 0. The monoisotopic (exact) mass is 309 g/mol. The number of aliphatic hydroxyl groups is 1. The van der Waals surface area contributed by atoms with Gasteiger partial charge in [0.2, 0.25) is 0 Å². The minimum atomic E-state index is -0.172. The van der Waals surface area contributed by atoms with Crippen LogP contribution in [0.25, 0.3) is 11.3 Å². The molecule has 0 saturated carbocycles. The van der Waals surface area contributed by atoms with Crippen molar-refractivity contribution in [2.45, 2.75) is 19.6 Å². The fraction of sp³-hybridized carbons (Fsp3) is 0.222. The number of benzene rings is 2. The number of hydrogen-bond donors (Lipinski definition) is 1. The fourth-order valence-electron chi connectivity index (χ4n) is 2.70. The molecule has 0 fully saturated rings. The van der Waals surface area contributed by atoms with Crippen LogP contribution < -0.4 is 4.74 Å². The lowest BCUT2D eigenvalue weighted by atomic mass is 10.1. The Labute approximate surface area is 135 Å². The van der Waals surface area contributed by atoms with Crippen LogP contribution >= 0.6 is 0 Å². The molecular formula is C18H19N3O2. The molecule has 2 aromatic carbocycles. The molecule has 3 aromatic rings. The lowest BCUT2D eigenvalue weighted by Crippen LogP contribution is -2.11. The number of rotatable bonds is 5. The zero-order valence-corrected chi connectivity index (χ0v) is 13.2. The van der Waals surface area contributed by atoms with Crippen molar-refractivity contribution in [3.8, 4) is 17.0 Å². The summed E-state index contributed by atoms with van der Waals surface area (Å²) in [6.45, 7) is 1.89. The molecule has 0 bridgehead atoms. The highest BCUT2D eigenvalue weighted by Crippen LogP contribution is 2.34. The van der Waals surface area contributed by atoms with Gasteiger partial charge in [-0.25, -0.2) is 4.68 Å². The average molecular weight is 309 g/mol. The van der Waals surface area contributed by atoms with Gasteiger partial charge in [-0.2, -0.15) is 0 Å². The van der Waals surface area contributed by atoms with Crippen LogP contribution in [0.3, 0.4) is 0 Å². The molecule has 1 unspecified atom stereocenters. The average Bonchev–Trinajstić information content (AvgIpc) is 3.05. The highest BCUT2D eigenvalue weighted by molar-refractivity contribution is 5.69. The molecule has 0 spiro atoms. The van der Waals surface area contributed by atoms with Gasteiger partial charge < -0.3 is 9.84 Å². The number of aliphatic hydroxyl groups excluding tert-OH is 1. The Morgan fingerprint density at radius 2 is 1.78 bits per heavy atom. The normalized spacial score (nSPS) is 12.1. The lowest BCUT2D eigenvalue weighted by molar-refractivity contribution is 0.277. The van der Waals surface area contributed by atoms with E-state index in [0.717, 1.165) is 22.6 Å². The summed E-state index contributed by atoms with van der Waals surface area (Å²) in [4.78, 5) is 0. The molecule has 1 aromatic heterocycles. The second-order valence-corrected chi connectivity index (χ2v) is 5.27. The quantitative estimate of drug-likeness (QED) is 0.787. The molecule has 1 atom stereocenters. The van der Waals surface area contributed by atoms with Crippen LogP contribution in [0.1, 0.15) is 24.2 Å². The van der Waals surface area contributed by atoms with E-state index in [-0.39, 0.29) is 12.6 Å². The van der Waals surface area contributed by atoms with Gasteiger partial charge in [0.1, 0.15) is 11.4 Å². The summed E-state index contributed by atoms with van der Waals surface area (Å²) in [7, 11) is 1.63. The van der Waals surface area contributed by atoms with Crippen molar-refractivity contribution in [1.29, 1.82) is 0 Å². The highest BCUT2D eigenvalue weighted by atomic mass is 16.5. The minimum Gasteiger partial charge on any atom is -0.496 e. The summed E-state index contributed by atoms with van der Waals surface area (Å²) in [5, 5.41) is 18.1. The summed E-state index contributed by atoms with van der Waals surface area (Å²) < 4.78 is 7.29. The molecule has 0 radical (unpaired) electrons. The van der Waals surface area contributed by atoms with Gasteiger partial charge in [0.15, 0.2) is 0 Å². The minimum absolute atomic E-state index is 0.0103. The van der Waals surface area contributed by atoms with Crippen LogP contribution in [-0.4, -0.2) is 27.2 Å². The first-order valence-electron chi connectivity index (χ1n) is 7.49. The van der Waals surface area contributed by atoms with E-state index in [1.54, 1.807) is 7.11 Å². The molecule has 0 aliphatic heterocycles. The van der Waals surface area contributed by atoms with E-state index < -0.39 is 0 Å². The van der Waals surface area contributed by atoms with E-state index in [4.69, 9.17) is 4.74 Å². The van der Waals surface area contributed by atoms with Crippen LogP contribution in [0.4, 0.5) is 0 Å². The first kappa shape index (κ1) is 15.2. The molecule has 1 heterocycles. The maximum Gasteiger partial charge on any atom is 0.128 e. The van der Waals surface area contributed by atoms with Crippen molar-refractivity contribution in [2.24, 2.45) is 0 Å². The lowest BCUT2D eigenvalue weighted by Gasteiger charge is -2.17. The summed E-state index contributed by atoms with van der Waals surface area (Å²) in [5.41, 5.74) is 3.31. The van der Waals surface area contributed by atoms with Crippen molar-refractivity contribution in [3.63, 3.8) is 0 Å². The van der Waals surface area contributed by atoms with Gasteiger partial charge in [0, 0.05) is 5.56 Å². The third kappa shape index (κ3) is 2.83. The number of hydrogen-bond acceptors (Lipinski definition) is 4. The van der Waals surface area contributed by atoms with Gasteiger partial charge in [0.25, 0.3) is 0 Å². The zero-order valence-electron chi connectivity index (χ0n) is 13.2. The number of ether oxygens (including phenoxy) is 1. The predicted molar refractivity (Wildman–Crippen MR) is 88.2 cm³/mol. The Hall–Kier alpha value is -2.66. The Bertz CT molecular complexity index is 784. The summed E-state index contributed by atoms with van der Waals surface area (Å²) in [6, 6.07) is 17.8. The fourth-order valence-corrected chi connectivity index (χ4v) is 2.70. The molecule has 23 heavy (non-hydrogen) atoms. The molecule has 0 aliphatic carbocycles. The van der Waals surface area contributed by atoms with E-state index in [2.05, 4.69) is 29.4 Å². The standard InChI is InChI=1S/C18H19N3O2/c1-13(14-8-4-3-5-9-14)21-18(16(12-22)19-20-21)15-10-6-7-11-17(15)23-2/h3-11,13,22H,12H2,1-2H3. The van der Waals surface area contributed by atoms with Crippen molar-refractivity contribution in [2.75, 3.05) is 7.11 Å². The third-order valence-electron chi connectivity index (χ3n) is 3.92. The Morgan fingerprint density at radius 3 is 2.48 bits per heavy atom. The second kappa shape index (κ2) is 6.62. The van der Waals surface area contributed by atoms with Crippen molar-refractivity contribution < 1.29 is 9.84 Å².